The van der Waals surface area contributed by atoms with Crippen LogP contribution in [-0.4, -0.2) is 85.5 Å². The highest BCUT2D eigenvalue weighted by Gasteiger charge is 2.37. The van der Waals surface area contributed by atoms with Gasteiger partial charge in [0.2, 0.25) is 5.91 Å². The molecular weight excluding hydrogens is 639 g/mol. The molecule has 4 aromatic rings. The van der Waals surface area contributed by atoms with Crippen LogP contribution in [0.4, 0.5) is 14.9 Å². The van der Waals surface area contributed by atoms with E-state index in [0.29, 0.717) is 49.6 Å². The normalized spacial score (nSPS) is 15.7. The molecule has 5 rings (SSSR count). The summed E-state index contributed by atoms with van der Waals surface area (Å²) in [5, 5.41) is 18.2. The molecule has 268 valence electrons. The number of aryl methyl sites for hydroxylation is 3. The maximum absolute atomic E-state index is 15.2. The Labute approximate surface area is 293 Å². The quantitative estimate of drug-likeness (QED) is 0.162. The van der Waals surface area contributed by atoms with Crippen molar-refractivity contribution in [2.75, 3.05) is 32.1 Å². The van der Waals surface area contributed by atoms with Gasteiger partial charge >= 0.3 is 6.09 Å². The number of nitrogens with zero attached hydrogens (tertiary/aromatic N) is 5. The average Bonchev–Trinajstić information content (AvgIpc) is 3.62. The fraction of sp³-hybridized carbons (Fsp3) is 0.474. The van der Waals surface area contributed by atoms with Crippen molar-refractivity contribution in [2.24, 2.45) is 7.05 Å². The molecule has 1 saturated heterocycles. The van der Waals surface area contributed by atoms with Crippen LogP contribution in [0.1, 0.15) is 79.7 Å². The molecule has 1 aliphatic rings. The highest BCUT2D eigenvalue weighted by Crippen LogP contribution is 2.37. The molecule has 2 atom stereocenters. The number of halogens is 1. The van der Waals surface area contributed by atoms with Gasteiger partial charge in [0.1, 0.15) is 11.5 Å². The number of aromatic nitrogens is 3. The van der Waals surface area contributed by atoms with Crippen LogP contribution in [0.3, 0.4) is 0 Å². The third kappa shape index (κ3) is 8.01. The van der Waals surface area contributed by atoms with E-state index in [1.54, 1.807) is 44.6 Å². The molecule has 1 aliphatic heterocycles. The van der Waals surface area contributed by atoms with E-state index in [4.69, 9.17) is 4.74 Å². The summed E-state index contributed by atoms with van der Waals surface area (Å²) in [5.74, 6) is -0.656. The lowest BCUT2D eigenvalue weighted by Gasteiger charge is -2.41. The number of hydrogen-bond donors (Lipinski definition) is 2. The van der Waals surface area contributed by atoms with E-state index in [1.165, 1.54) is 15.6 Å². The van der Waals surface area contributed by atoms with Crippen molar-refractivity contribution in [3.63, 3.8) is 0 Å². The Morgan fingerprint density at radius 1 is 1.14 bits per heavy atom. The Kier molecular flexibility index (Phi) is 11.3. The number of carbonyl (C=O) groups is 3. The molecule has 1 unspecified atom stereocenters. The van der Waals surface area contributed by atoms with Gasteiger partial charge < -0.3 is 24.6 Å². The van der Waals surface area contributed by atoms with Crippen LogP contribution in [0.2, 0.25) is 0 Å². The molecular formula is C38H49FN6O5. The molecule has 3 amide bonds. The SMILES string of the molecule is COCCCn1c(C2CCCN(C(=O)C[C@@H](Cc3ccc(NC(=O)c4ccnn4C)cc3)N(C(=O)O)C(C)(C)C)C2)c(C)c2cccc(F)c21. The molecule has 0 spiro atoms. The fourth-order valence-electron chi connectivity index (χ4n) is 7.47. The van der Waals surface area contributed by atoms with Gasteiger partial charge in [0, 0.05) is 87.3 Å². The second kappa shape index (κ2) is 15.5. The minimum atomic E-state index is -1.09. The molecule has 11 nitrogen and oxygen atoms in total. The summed E-state index contributed by atoms with van der Waals surface area (Å²) >= 11 is 0. The van der Waals surface area contributed by atoms with Crippen molar-refractivity contribution in [2.45, 2.75) is 83.8 Å². The molecule has 1 fully saturated rings. The number of ether oxygens (including phenoxy) is 1. The van der Waals surface area contributed by atoms with E-state index >= 15 is 4.39 Å². The van der Waals surface area contributed by atoms with Gasteiger partial charge in [0.15, 0.2) is 0 Å². The van der Waals surface area contributed by atoms with E-state index in [1.807, 2.05) is 50.8 Å². The zero-order chi connectivity index (χ0) is 36.2. The van der Waals surface area contributed by atoms with Gasteiger partial charge in [0.25, 0.3) is 5.91 Å². The number of benzene rings is 2. The van der Waals surface area contributed by atoms with Crippen molar-refractivity contribution in [3.05, 3.63) is 83.1 Å². The van der Waals surface area contributed by atoms with Crippen LogP contribution in [0.25, 0.3) is 10.9 Å². The van der Waals surface area contributed by atoms with Gasteiger partial charge in [-0.05, 0) is 88.8 Å². The number of likely N-dealkylation sites (tertiary alicyclic amines) is 1. The van der Waals surface area contributed by atoms with Gasteiger partial charge in [-0.15, -0.1) is 0 Å². The molecule has 0 bridgehead atoms. The molecule has 12 heteroatoms. The summed E-state index contributed by atoms with van der Waals surface area (Å²) in [6.07, 6.45) is 3.17. The Balaban J connectivity index is 1.36. The van der Waals surface area contributed by atoms with Crippen molar-refractivity contribution in [3.8, 4) is 0 Å². The number of carboxylic acid groups (broad SMARTS) is 1. The first-order valence-electron chi connectivity index (χ1n) is 17.2. The minimum Gasteiger partial charge on any atom is -0.465 e. The predicted octanol–water partition coefficient (Wildman–Crippen LogP) is 6.60. The third-order valence-electron chi connectivity index (χ3n) is 9.67. The number of fused-ring (bicyclic) bond motifs is 1. The van der Waals surface area contributed by atoms with Crippen LogP contribution >= 0.6 is 0 Å². The van der Waals surface area contributed by atoms with Gasteiger partial charge in [-0.3, -0.25) is 19.2 Å². The molecule has 3 heterocycles. The Bertz CT molecular complexity index is 1830. The molecule has 50 heavy (non-hydrogen) atoms. The highest BCUT2D eigenvalue weighted by atomic mass is 19.1. The number of anilines is 1. The topological polar surface area (TPSA) is 122 Å². The van der Waals surface area contributed by atoms with E-state index < -0.39 is 17.7 Å². The number of para-hydroxylation sites is 1. The third-order valence-corrected chi connectivity index (χ3v) is 9.67. The Morgan fingerprint density at radius 3 is 2.52 bits per heavy atom. The lowest BCUT2D eigenvalue weighted by molar-refractivity contribution is -0.134. The number of methoxy groups -OCH3 is 1. The van der Waals surface area contributed by atoms with Crippen molar-refractivity contribution in [1.82, 2.24) is 24.1 Å². The fourth-order valence-corrected chi connectivity index (χ4v) is 7.47. The zero-order valence-corrected chi connectivity index (χ0v) is 29.9. The largest absolute Gasteiger partial charge is 0.465 e. The van der Waals surface area contributed by atoms with E-state index in [9.17, 15) is 19.5 Å². The van der Waals surface area contributed by atoms with Crippen LogP contribution in [0.5, 0.6) is 0 Å². The highest BCUT2D eigenvalue weighted by molar-refractivity contribution is 6.03. The molecule has 2 aromatic heterocycles. The predicted molar refractivity (Wildman–Crippen MR) is 191 cm³/mol. The first-order chi connectivity index (χ1) is 23.8. The zero-order valence-electron chi connectivity index (χ0n) is 29.9. The second-order valence-corrected chi connectivity index (χ2v) is 14.2. The summed E-state index contributed by atoms with van der Waals surface area (Å²) in [7, 11) is 3.35. The average molecular weight is 689 g/mol. The first kappa shape index (κ1) is 36.6. The van der Waals surface area contributed by atoms with E-state index in [-0.39, 0.29) is 30.0 Å². The number of piperidine rings is 1. The maximum atomic E-state index is 15.2. The standard InChI is InChI=1S/C38H49FN6O5/c1-25-30-11-7-12-31(39)35(30)44(20-9-21-50-6)34(25)27-10-8-19-43(24-27)33(46)23-29(45(37(48)49)38(2,3)4)22-26-13-15-28(16-14-26)41-36(47)32-17-18-40-42(32)5/h7,11-18,27,29H,8-10,19-24H2,1-6H3,(H,41,47)(H,48,49)/t27?,29-/m1/s1. The Morgan fingerprint density at radius 2 is 1.88 bits per heavy atom. The second-order valence-electron chi connectivity index (χ2n) is 14.2. The smallest absolute Gasteiger partial charge is 0.408 e. The van der Waals surface area contributed by atoms with Crippen molar-refractivity contribution >= 4 is 34.5 Å². The van der Waals surface area contributed by atoms with Crippen LogP contribution < -0.4 is 5.32 Å². The van der Waals surface area contributed by atoms with E-state index in [0.717, 1.165) is 41.5 Å². The Hall–Kier alpha value is -4.71. The van der Waals surface area contributed by atoms with Crippen molar-refractivity contribution in [1.29, 1.82) is 0 Å². The molecule has 2 N–H and O–H groups in total. The monoisotopic (exact) mass is 688 g/mol. The van der Waals surface area contributed by atoms with Crippen LogP contribution in [0, 0.1) is 12.7 Å². The van der Waals surface area contributed by atoms with Crippen LogP contribution in [-0.2, 0) is 29.5 Å². The first-order valence-corrected chi connectivity index (χ1v) is 17.2. The molecule has 0 saturated carbocycles. The molecule has 2 aromatic carbocycles. The summed E-state index contributed by atoms with van der Waals surface area (Å²) in [4.78, 5) is 42.7. The number of amides is 3. The lowest BCUT2D eigenvalue weighted by Crippen LogP contribution is -2.54. The van der Waals surface area contributed by atoms with Gasteiger partial charge in [-0.25, -0.2) is 9.18 Å². The number of carbonyl (C=O) groups excluding carboxylic acids is 2. The number of hydrogen-bond acceptors (Lipinski definition) is 5. The van der Waals surface area contributed by atoms with E-state index in [2.05, 4.69) is 15.0 Å². The minimum absolute atomic E-state index is 0.00721. The van der Waals surface area contributed by atoms with Gasteiger partial charge in [-0.1, -0.05) is 24.3 Å². The van der Waals surface area contributed by atoms with Gasteiger partial charge in [0.05, 0.1) is 5.52 Å². The summed E-state index contributed by atoms with van der Waals surface area (Å²) in [5.41, 5.74) is 3.75. The van der Waals surface area contributed by atoms with Gasteiger partial charge in [-0.2, -0.15) is 5.10 Å². The summed E-state index contributed by atoms with van der Waals surface area (Å²) in [6, 6.07) is 13.4. The molecule has 0 radical (unpaired) electrons. The summed E-state index contributed by atoms with van der Waals surface area (Å²) in [6.45, 7) is 9.73. The lowest BCUT2D eigenvalue weighted by atomic mass is 9.91. The number of rotatable bonds is 12. The number of nitrogens with one attached hydrogen (secondary N) is 1. The summed E-state index contributed by atoms with van der Waals surface area (Å²) < 4.78 is 24.1. The van der Waals surface area contributed by atoms with Crippen molar-refractivity contribution < 1.29 is 28.6 Å². The maximum Gasteiger partial charge on any atom is 0.408 e. The molecule has 0 aliphatic carbocycles. The van der Waals surface area contributed by atoms with Crippen LogP contribution in [0.15, 0.2) is 54.7 Å².